The Morgan fingerprint density at radius 3 is 1.30 bits per heavy atom. The molecule has 12 saturated carbocycles. The zero-order valence-electron chi connectivity index (χ0n) is 76.2. The number of aliphatic hydroxyl groups is 6. The molecule has 12 fully saturated rings. The van der Waals surface area contributed by atoms with Crippen molar-refractivity contribution in [2.75, 3.05) is 39.6 Å². The number of unbranched alkanes of at least 4 members (excludes halogenated alkanes) is 1. The number of hydrogen-bond acceptors (Lipinski definition) is 27. The Kier molecular flexibility index (Phi) is 34.2. The van der Waals surface area contributed by atoms with Crippen LogP contribution in [0, 0.1) is 139 Å². The van der Waals surface area contributed by atoms with Crippen LogP contribution in [-0.4, -0.2) is 221 Å². The highest BCUT2D eigenvalue weighted by Gasteiger charge is 2.70. The van der Waals surface area contributed by atoms with E-state index in [1.54, 1.807) is 0 Å². The van der Waals surface area contributed by atoms with E-state index in [4.69, 9.17) is 14.2 Å². The van der Waals surface area contributed by atoms with Gasteiger partial charge in [0.05, 0.1) is 49.7 Å². The predicted molar refractivity (Wildman–Crippen MR) is 443 cm³/mol. The van der Waals surface area contributed by atoms with Crippen LogP contribution in [0.15, 0.2) is 0 Å². The molecule has 0 aromatic rings. The Bertz CT molecular complexity index is 4260. The fourth-order valence-corrected chi connectivity index (χ4v) is 28.6. The molecule has 12 aliphatic rings. The molecule has 130 heavy (non-hydrogen) atoms. The third-order valence-electron chi connectivity index (χ3n) is 35.4. The van der Waals surface area contributed by atoms with Crippen LogP contribution >= 0.6 is 0 Å². The minimum Gasteiger partial charge on any atom is -0.743 e. The predicted octanol–water partition coefficient (Wildman–Crippen LogP) is 12.5. The van der Waals surface area contributed by atoms with Gasteiger partial charge in [0.15, 0.2) is 33.0 Å². The summed E-state index contributed by atoms with van der Waals surface area (Å²) >= 11 is 0. The second kappa shape index (κ2) is 41.6. The molecule has 744 valence electrons. The lowest BCUT2D eigenvalue weighted by Crippen LogP contribution is -2.62. The first kappa shape index (κ1) is 107. The molecular formula is C92H137F9O27S2-2. The van der Waals surface area contributed by atoms with Crippen LogP contribution in [0.4, 0.5) is 39.5 Å². The number of halogens is 9. The minimum atomic E-state index is -6.28. The van der Waals surface area contributed by atoms with Crippen LogP contribution in [0.3, 0.4) is 0 Å². The van der Waals surface area contributed by atoms with Gasteiger partial charge in [-0.25, -0.2) is 43.6 Å². The molecule has 0 radical (unpaired) electrons. The molecular weight excluding hydrogens is 1770 g/mol. The topological polar surface area (TPSA) is 445 Å². The molecule has 0 aliphatic heterocycles. The largest absolute Gasteiger partial charge is 0.743 e. The lowest BCUT2D eigenvalue weighted by molar-refractivity contribution is -0.207. The van der Waals surface area contributed by atoms with Gasteiger partial charge in [-0.1, -0.05) is 62.3 Å². The fraction of sp³-hybridized carbons (Fsp3) is 0.902. The van der Waals surface area contributed by atoms with Crippen LogP contribution in [0.1, 0.15) is 268 Å². The monoisotopic (exact) mass is 1910 g/mol. The summed E-state index contributed by atoms with van der Waals surface area (Å²) in [6, 6.07) is 0. The summed E-state index contributed by atoms with van der Waals surface area (Å²) in [5.74, 6) is -6.57. The molecule has 6 N–H and O–H groups in total. The molecule has 12 aliphatic carbocycles. The molecule has 0 saturated heterocycles. The Hall–Kier alpha value is -5.22. The van der Waals surface area contributed by atoms with E-state index >= 15 is 0 Å². The number of carbonyl (C=O) groups is 9. The molecule has 0 heterocycles. The highest BCUT2D eigenvalue weighted by molar-refractivity contribution is 7.87. The SMILES string of the molecule is C[C@H](CCC(=O)OCC(=O)OCC(F)C(C)(F)F)[C@H]1CC[C@H]2[C@@H]3[C@H](O)C[C@@H]4C[C@H](O)CC[C@]4(C)[C@H]3C[C@H](O)[C@]12C.C[C@H](CCC(=O)OCCC(=O)OCC(F)C(F)(F)S(=O)(=O)[O-])[C@H]1CC[C@H]2[C@@H]3[C@H](O)C[C@@H]4C[C@H](O)CC[C@]4(C)[C@H]3C[C@H](O)[C@]12C.C[C@H](CCC(=O)OCCCCC(=O)OCC(F)C(F)(F)S(=O)(=O)[O-])[C@H]1CC[C@H]2[C@@H]3C(=O)C[C@@H]4CC(=O)CC[C@]4(C)[C@H]3CC(=O)[C@]12C. The highest BCUT2D eigenvalue weighted by atomic mass is 32.2. The maximum absolute atomic E-state index is 13.9. The van der Waals surface area contributed by atoms with E-state index in [1.165, 1.54) is 0 Å². The van der Waals surface area contributed by atoms with Gasteiger partial charge >= 0.3 is 46.3 Å². The van der Waals surface area contributed by atoms with Crippen molar-refractivity contribution in [3.63, 3.8) is 0 Å². The molecule has 0 aromatic heterocycles. The second-order valence-corrected chi connectivity index (χ2v) is 45.2. The summed E-state index contributed by atoms with van der Waals surface area (Å²) in [5, 5.41) is 56.2. The Morgan fingerprint density at radius 1 is 0.438 bits per heavy atom. The highest BCUT2D eigenvalue weighted by Crippen LogP contribution is 2.72. The van der Waals surface area contributed by atoms with Gasteiger partial charge in [0.1, 0.15) is 43.8 Å². The van der Waals surface area contributed by atoms with Crippen molar-refractivity contribution >= 4 is 73.4 Å². The van der Waals surface area contributed by atoms with E-state index in [9.17, 15) is 139 Å². The Labute approximate surface area is 756 Å². The van der Waals surface area contributed by atoms with Gasteiger partial charge in [0.2, 0.25) is 12.3 Å². The Morgan fingerprint density at radius 2 is 0.838 bits per heavy atom. The normalized spacial score (nSPS) is 38.9. The van der Waals surface area contributed by atoms with E-state index in [-0.39, 0.29) is 197 Å². The molecule has 33 atom stereocenters. The number of ether oxygens (including phenoxy) is 6. The van der Waals surface area contributed by atoms with Crippen LogP contribution in [0.2, 0.25) is 0 Å². The maximum atomic E-state index is 13.9. The number of carbonyl (C=O) groups excluding carboxylic acids is 9. The number of rotatable bonds is 33. The lowest BCUT2D eigenvalue weighted by atomic mass is 9.43. The van der Waals surface area contributed by atoms with E-state index in [2.05, 4.69) is 55.8 Å². The van der Waals surface area contributed by atoms with Crippen molar-refractivity contribution in [1.29, 1.82) is 0 Å². The average molecular weight is 1910 g/mol. The summed E-state index contributed by atoms with van der Waals surface area (Å²) in [5.41, 5.74) is -1.68. The van der Waals surface area contributed by atoms with E-state index < -0.39 is 171 Å². The first-order valence-corrected chi connectivity index (χ1v) is 49.6. The number of ketones is 3. The smallest absolute Gasteiger partial charge is 0.368 e. The summed E-state index contributed by atoms with van der Waals surface area (Å²) in [7, 11) is -12.5. The van der Waals surface area contributed by atoms with Gasteiger partial charge in [-0.05, 0) is 269 Å². The fourth-order valence-electron chi connectivity index (χ4n) is 27.8. The molecule has 0 bridgehead atoms. The van der Waals surface area contributed by atoms with Gasteiger partial charge in [-0.2, -0.15) is 17.6 Å². The standard InChI is InChI=1S/C32H45F3O10S.C30H47F3O10S.C30H47F3O7/c1-18(7-10-28(40)44-13-5-4-6-27(39)45-17-25(33)32(34,35)46(41,42)43)21-8-9-22-29-23(16-26(38)31(21,22)3)30(2)12-11-20(36)14-19(30)15-24(29)37;1-16(4-7-25(37)42-11-9-26(38)43-15-23(31)30(32,33)44(39,40)41)19-5-6-20-27-21(14-24(36)29(19,20)3)28(2)10-8-18(34)12-17(28)13-22(27)35;1-16(5-8-25(37)40-15-26(38)39-14-23(31)30(4,32)33)19-6-7-20-27-21(13-24(36)29(19,20)3)28(2)10-9-18(34)11-17(28)12-22(27)35/h18-19,21-23,25,29H,4-17H2,1-3H3,(H,41,42,43);16-24,27,34-36H,4-15H2,1-3H3,(H,39,40,41);16-24,27,34-36H,5-15H2,1-4H3/p-2/t18-,19+,21-,22+,23+,25?,29+,30+,31-;2*16-,17+,18-,19-,20+,21+,22-,23?,24+,27+,28+,29-/m111/s1. The van der Waals surface area contributed by atoms with Gasteiger partial charge in [-0.3, -0.25) is 38.4 Å². The summed E-state index contributed by atoms with van der Waals surface area (Å²) in [6.07, 6.45) is 3.56. The molecule has 0 aromatic carbocycles. The van der Waals surface area contributed by atoms with Gasteiger partial charge < -0.3 is 68.2 Å². The number of aliphatic hydroxyl groups excluding tert-OH is 6. The summed E-state index contributed by atoms with van der Waals surface area (Å²) < 4.78 is 209. The van der Waals surface area contributed by atoms with Crippen molar-refractivity contribution in [2.45, 2.75) is 340 Å². The van der Waals surface area contributed by atoms with Crippen molar-refractivity contribution in [3.8, 4) is 0 Å². The number of hydrogen-bond donors (Lipinski definition) is 6. The van der Waals surface area contributed by atoms with E-state index in [0.29, 0.717) is 90.4 Å². The first-order valence-electron chi connectivity index (χ1n) is 46.8. The third kappa shape index (κ3) is 22.1. The van der Waals surface area contributed by atoms with Gasteiger partial charge in [-0.15, -0.1) is 0 Å². The summed E-state index contributed by atoms with van der Waals surface area (Å²) in [6.45, 7) is 13.9. The second-order valence-electron chi connectivity index (χ2n) is 42.3. The molecule has 27 nitrogen and oxygen atoms in total. The van der Waals surface area contributed by atoms with Crippen LogP contribution in [-0.2, 0) is 91.8 Å². The summed E-state index contributed by atoms with van der Waals surface area (Å²) in [4.78, 5) is 112. The zero-order chi connectivity index (χ0) is 96.7. The molecule has 0 amide bonds. The van der Waals surface area contributed by atoms with Crippen molar-refractivity contribution in [3.05, 3.63) is 0 Å². The number of fused-ring (bicyclic) bond motifs is 15. The average Bonchev–Trinajstić information content (AvgIpc) is 1.44. The maximum Gasteiger partial charge on any atom is 0.368 e. The van der Waals surface area contributed by atoms with Gasteiger partial charge in [0, 0.05) is 69.6 Å². The molecule has 12 rings (SSSR count). The lowest BCUT2D eigenvalue weighted by Gasteiger charge is -2.63. The van der Waals surface area contributed by atoms with Crippen molar-refractivity contribution in [1.82, 2.24) is 0 Å². The molecule has 3 unspecified atom stereocenters. The Balaban J connectivity index is 0.000000203. The quantitative estimate of drug-likeness (QED) is 0.0117. The minimum absolute atomic E-state index is 0.00255. The number of Topliss-reactive ketones (excluding diaryl/α,β-unsaturated/α-hetero) is 3. The van der Waals surface area contributed by atoms with Crippen LogP contribution in [0.5, 0.6) is 0 Å². The van der Waals surface area contributed by atoms with Crippen molar-refractivity contribution in [2.24, 2.45) is 139 Å². The van der Waals surface area contributed by atoms with E-state index in [0.717, 1.165) is 70.6 Å². The van der Waals surface area contributed by atoms with E-state index in [1.807, 2.05) is 20.8 Å². The van der Waals surface area contributed by atoms with Crippen LogP contribution in [0.25, 0.3) is 0 Å². The third-order valence-corrected chi connectivity index (χ3v) is 37.3. The van der Waals surface area contributed by atoms with Crippen LogP contribution < -0.4 is 0 Å². The first-order chi connectivity index (χ1) is 60.3. The van der Waals surface area contributed by atoms with Crippen molar-refractivity contribution < 1.29 is 168 Å². The zero-order valence-corrected chi connectivity index (χ0v) is 77.9. The number of alkyl halides is 9. The number of esters is 6. The van der Waals surface area contributed by atoms with Gasteiger partial charge in [0.25, 0.3) is 5.92 Å². The molecule has 38 heteroatoms. The molecule has 0 spiro atoms.